The number of allylic oxidation sites excluding steroid dienone is 12. The molecule has 0 unspecified atom stereocenters. The Morgan fingerprint density at radius 3 is 1.02 bits per heavy atom. The van der Waals surface area contributed by atoms with Crippen LogP contribution in [0.2, 0.25) is 0 Å². The lowest BCUT2D eigenvalue weighted by Gasteiger charge is -2.38. The average molecular weight is 879 g/mol. The third-order valence-corrected chi connectivity index (χ3v) is 12.0. The van der Waals surface area contributed by atoms with Crippen LogP contribution in [0.15, 0.2) is 67.2 Å². The number of nitrogens with zero attached hydrogens (tertiary/aromatic N) is 12. The zero-order valence-electron chi connectivity index (χ0n) is 39.1. The molecule has 0 saturated heterocycles. The first-order valence-corrected chi connectivity index (χ1v) is 21.2. The summed E-state index contributed by atoms with van der Waals surface area (Å²) in [5, 5.41) is 99.4. The van der Waals surface area contributed by atoms with E-state index in [1.807, 2.05) is 107 Å². The van der Waals surface area contributed by atoms with Gasteiger partial charge in [-0.2, -0.15) is 47.4 Å². The predicted octanol–water partition coefficient (Wildman–Crippen LogP) is 6.39. The summed E-state index contributed by atoms with van der Waals surface area (Å²) in [5.74, 6) is 0. The van der Waals surface area contributed by atoms with Gasteiger partial charge >= 0.3 is 0 Å². The summed E-state index contributed by atoms with van der Waals surface area (Å²) in [6.07, 6.45) is 2.78. The van der Waals surface area contributed by atoms with Crippen molar-refractivity contribution >= 4 is 0 Å². The van der Waals surface area contributed by atoms with E-state index in [0.29, 0.717) is 96.6 Å². The fourth-order valence-corrected chi connectivity index (χ4v) is 8.51. The first-order valence-electron chi connectivity index (χ1n) is 21.2. The van der Waals surface area contributed by atoms with Gasteiger partial charge in [0.05, 0.1) is 56.4 Å². The summed E-state index contributed by atoms with van der Waals surface area (Å²) >= 11 is 0. The normalized spacial score (nSPS) is 17.4. The summed E-state index contributed by atoms with van der Waals surface area (Å²) in [5.41, 5.74) is 1.53. The van der Waals surface area contributed by atoms with E-state index in [-0.39, 0.29) is 78.1 Å². The summed E-state index contributed by atoms with van der Waals surface area (Å²) in [7, 11) is 5.42. The molecule has 0 bridgehead atoms. The van der Waals surface area contributed by atoms with Gasteiger partial charge in [-0.05, 0) is 54.8 Å². The summed E-state index contributed by atoms with van der Waals surface area (Å²) in [6.45, 7) is 12.6. The lowest BCUT2D eigenvalue weighted by Crippen LogP contribution is -2.48. The molecule has 0 heterocycles. The standard InChI is InChI=1S/C49H58N12O4/c1-46(2)16-37(34(22-50)23-51)40(28-56)43(19-46)59(7)10-13-63-32-49(31-62,65-15-12-61(9)45-21-48(5,6)18-39(42(45)30-58)36(26-54)27-55)33-64-14-11-60(8)44-20-47(3,4)17-38(41(44)29-57)35(24-52)25-53/h62H,10-21,31-33H2,1-9H3. The lowest BCUT2D eigenvalue weighted by atomic mass is 9.72. The van der Waals surface area contributed by atoms with Crippen LogP contribution in [-0.4, -0.2) is 106 Å². The van der Waals surface area contributed by atoms with Crippen LogP contribution in [0.4, 0.5) is 0 Å². The SMILES string of the molecule is CN(CCOCC(CO)(COCCN(C)C1=C(C#N)C(=C(C#N)C#N)CC(C)(C)C1)OCCN(C)C1=C(C#N)C(=C(C#N)C#N)CC(C)(C)C1)C1=C(C#N)C(=C(C#N)C#N)CC(C)(C)C1. The molecule has 338 valence electrons. The molecule has 0 atom stereocenters. The number of likely N-dealkylation sites (N-methyl/N-ethyl adjacent to an activating group) is 3. The van der Waals surface area contributed by atoms with E-state index < -0.39 is 12.2 Å². The van der Waals surface area contributed by atoms with Gasteiger partial charge in [0.1, 0.15) is 76.9 Å². The van der Waals surface area contributed by atoms with Crippen molar-refractivity contribution in [3.8, 4) is 54.6 Å². The van der Waals surface area contributed by atoms with E-state index in [9.17, 15) is 52.5 Å². The van der Waals surface area contributed by atoms with Crippen LogP contribution in [0.1, 0.15) is 80.1 Å². The first-order chi connectivity index (χ1) is 30.7. The van der Waals surface area contributed by atoms with E-state index in [1.54, 1.807) is 7.05 Å². The second kappa shape index (κ2) is 22.6. The molecule has 65 heavy (non-hydrogen) atoms. The molecule has 0 fully saturated rings. The molecule has 3 rings (SSSR count). The van der Waals surface area contributed by atoms with Crippen LogP contribution < -0.4 is 0 Å². The maximum atomic E-state index is 11.0. The number of nitriles is 9. The predicted molar refractivity (Wildman–Crippen MR) is 237 cm³/mol. The van der Waals surface area contributed by atoms with E-state index in [2.05, 4.69) is 18.2 Å². The smallest absolute Gasteiger partial charge is 0.137 e. The Bertz CT molecular complexity index is 2290. The van der Waals surface area contributed by atoms with Gasteiger partial charge in [0.2, 0.25) is 0 Å². The fraction of sp³-hybridized carbons (Fsp3) is 0.571. The van der Waals surface area contributed by atoms with Crippen LogP contribution in [0.25, 0.3) is 0 Å². The zero-order valence-corrected chi connectivity index (χ0v) is 39.1. The molecule has 0 aromatic rings. The van der Waals surface area contributed by atoms with Crippen LogP contribution in [0, 0.1) is 118 Å². The topological polar surface area (TPSA) is 272 Å². The molecule has 1 N–H and O–H groups in total. The van der Waals surface area contributed by atoms with Gasteiger partial charge < -0.3 is 34.0 Å². The van der Waals surface area contributed by atoms with Crippen molar-refractivity contribution in [3.05, 3.63) is 67.2 Å². The monoisotopic (exact) mass is 878 g/mol. The minimum absolute atomic E-state index is 0.0556. The Morgan fingerprint density at radius 2 is 0.769 bits per heavy atom. The summed E-state index contributed by atoms with van der Waals surface area (Å²) in [4.78, 5) is 5.61. The maximum absolute atomic E-state index is 11.0. The Morgan fingerprint density at radius 1 is 0.492 bits per heavy atom. The summed E-state index contributed by atoms with van der Waals surface area (Å²) < 4.78 is 18.8. The second-order valence-corrected chi connectivity index (χ2v) is 19.1. The molecule has 0 aromatic heterocycles. The van der Waals surface area contributed by atoms with E-state index in [4.69, 9.17) is 14.2 Å². The van der Waals surface area contributed by atoms with Crippen molar-refractivity contribution in [2.24, 2.45) is 16.2 Å². The zero-order chi connectivity index (χ0) is 48.8. The van der Waals surface area contributed by atoms with Gasteiger partial charge in [0.25, 0.3) is 0 Å². The molecular formula is C49H58N12O4. The van der Waals surface area contributed by atoms with Crippen molar-refractivity contribution in [2.75, 3.05) is 80.4 Å². The third kappa shape index (κ3) is 13.1. The average Bonchev–Trinajstić information content (AvgIpc) is 3.26. The molecular weight excluding hydrogens is 821 g/mol. The molecule has 3 aliphatic carbocycles. The third-order valence-electron chi connectivity index (χ3n) is 12.0. The van der Waals surface area contributed by atoms with Crippen molar-refractivity contribution in [2.45, 2.75) is 85.7 Å². The second-order valence-electron chi connectivity index (χ2n) is 19.1. The van der Waals surface area contributed by atoms with Crippen molar-refractivity contribution < 1.29 is 19.3 Å². The van der Waals surface area contributed by atoms with Gasteiger partial charge in [-0.25, -0.2) is 0 Å². The van der Waals surface area contributed by atoms with Crippen LogP contribution >= 0.6 is 0 Å². The lowest BCUT2D eigenvalue weighted by molar-refractivity contribution is -0.158. The van der Waals surface area contributed by atoms with Gasteiger partial charge in [-0.3, -0.25) is 0 Å². The quantitative estimate of drug-likeness (QED) is 0.115. The molecule has 0 aliphatic heterocycles. The molecule has 16 nitrogen and oxygen atoms in total. The minimum atomic E-state index is -1.38. The molecule has 3 aliphatic rings. The number of hydrogen-bond acceptors (Lipinski definition) is 16. The maximum Gasteiger partial charge on any atom is 0.137 e. The van der Waals surface area contributed by atoms with Gasteiger partial charge in [0.15, 0.2) is 0 Å². The summed E-state index contributed by atoms with van der Waals surface area (Å²) in [6, 6.07) is 18.3. The van der Waals surface area contributed by atoms with Crippen LogP contribution in [0.3, 0.4) is 0 Å². The fourth-order valence-electron chi connectivity index (χ4n) is 8.51. The Hall–Kier alpha value is -6.91. The number of aliphatic hydroxyl groups excluding tert-OH is 1. The van der Waals surface area contributed by atoms with E-state index in [0.717, 1.165) is 0 Å². The van der Waals surface area contributed by atoms with Gasteiger partial charge in [0, 0.05) is 74.6 Å². The number of rotatable bonds is 18. The Labute approximate surface area is 384 Å². The highest BCUT2D eigenvalue weighted by atomic mass is 16.6. The highest BCUT2D eigenvalue weighted by molar-refractivity contribution is 5.59. The molecule has 0 radical (unpaired) electrons. The van der Waals surface area contributed by atoms with E-state index >= 15 is 0 Å². The molecule has 0 spiro atoms. The Balaban J connectivity index is 1.89. The Kier molecular flexibility index (Phi) is 18.3. The molecule has 0 amide bonds. The van der Waals surface area contributed by atoms with Crippen LogP contribution in [-0.2, 0) is 14.2 Å². The molecule has 16 heteroatoms. The minimum Gasteiger partial charge on any atom is -0.393 e. The van der Waals surface area contributed by atoms with Crippen molar-refractivity contribution in [1.29, 1.82) is 47.4 Å². The highest BCUT2D eigenvalue weighted by Gasteiger charge is 2.38. The largest absolute Gasteiger partial charge is 0.393 e. The number of ether oxygens (including phenoxy) is 3. The van der Waals surface area contributed by atoms with Crippen LogP contribution in [0.5, 0.6) is 0 Å². The van der Waals surface area contributed by atoms with Gasteiger partial charge in [-0.15, -0.1) is 0 Å². The number of aliphatic hydroxyl groups is 1. The first kappa shape index (κ1) is 52.4. The number of hydrogen-bond donors (Lipinski definition) is 1. The van der Waals surface area contributed by atoms with Crippen molar-refractivity contribution in [1.82, 2.24) is 14.7 Å². The van der Waals surface area contributed by atoms with Gasteiger partial charge in [-0.1, -0.05) is 41.5 Å². The molecule has 0 aromatic carbocycles. The molecule has 0 saturated carbocycles. The highest BCUT2D eigenvalue weighted by Crippen LogP contribution is 2.46. The van der Waals surface area contributed by atoms with E-state index in [1.165, 1.54) is 0 Å². The van der Waals surface area contributed by atoms with Crippen molar-refractivity contribution in [3.63, 3.8) is 0 Å².